The summed E-state index contributed by atoms with van der Waals surface area (Å²) in [6.07, 6.45) is 0. The summed E-state index contributed by atoms with van der Waals surface area (Å²) in [6.45, 7) is 2.18. The van der Waals surface area contributed by atoms with Crippen molar-refractivity contribution in [1.82, 2.24) is 9.38 Å². The number of hydrogen-bond acceptors (Lipinski definition) is 4. The first-order chi connectivity index (χ1) is 9.63. The van der Waals surface area contributed by atoms with Crippen molar-refractivity contribution < 1.29 is 4.74 Å². The second kappa shape index (κ2) is 5.38. The maximum atomic E-state index is 12.0. The van der Waals surface area contributed by atoms with Crippen LogP contribution in [0.3, 0.4) is 0 Å². The van der Waals surface area contributed by atoms with Gasteiger partial charge >= 0.3 is 0 Å². The Morgan fingerprint density at radius 1 is 1.35 bits per heavy atom. The average molecular weight is 351 g/mol. The molecule has 0 aliphatic heterocycles. The molecular weight excluding hydrogens is 340 g/mol. The van der Waals surface area contributed by atoms with Crippen LogP contribution in [0.25, 0.3) is 4.96 Å². The quantitative estimate of drug-likeness (QED) is 0.726. The monoisotopic (exact) mass is 350 g/mol. The van der Waals surface area contributed by atoms with E-state index in [2.05, 4.69) is 20.9 Å². The van der Waals surface area contributed by atoms with Gasteiger partial charge in [0.05, 0.1) is 5.69 Å². The number of fused-ring (bicyclic) bond motifs is 1. The van der Waals surface area contributed by atoms with Crippen molar-refractivity contribution in [3.05, 3.63) is 61.9 Å². The molecule has 3 rings (SSSR count). The fourth-order valence-electron chi connectivity index (χ4n) is 1.86. The molecular formula is C14H11BrN2O2S. The van der Waals surface area contributed by atoms with Gasteiger partial charge in [0, 0.05) is 21.6 Å². The van der Waals surface area contributed by atoms with Crippen molar-refractivity contribution in [2.45, 2.75) is 13.5 Å². The number of halogens is 1. The molecule has 2 aromatic heterocycles. The van der Waals surface area contributed by atoms with Gasteiger partial charge in [-0.3, -0.25) is 9.20 Å². The number of benzene rings is 1. The summed E-state index contributed by atoms with van der Waals surface area (Å²) in [5.41, 5.74) is 1.48. The predicted octanol–water partition coefficient (Wildman–Crippen LogP) is 3.41. The second-order valence-corrected chi connectivity index (χ2v) is 6.08. The van der Waals surface area contributed by atoms with E-state index in [-0.39, 0.29) is 12.2 Å². The third-order valence-corrected chi connectivity index (χ3v) is 4.30. The van der Waals surface area contributed by atoms with Crippen molar-refractivity contribution in [2.75, 3.05) is 0 Å². The molecule has 0 amide bonds. The Morgan fingerprint density at radius 2 is 2.10 bits per heavy atom. The highest BCUT2D eigenvalue weighted by Gasteiger charge is 2.06. The molecule has 0 aliphatic rings. The first-order valence-corrected chi connectivity index (χ1v) is 7.66. The lowest BCUT2D eigenvalue weighted by molar-refractivity contribution is 0.301. The van der Waals surface area contributed by atoms with E-state index in [1.54, 1.807) is 4.40 Å². The largest absolute Gasteiger partial charge is 0.487 e. The van der Waals surface area contributed by atoms with Crippen LogP contribution >= 0.6 is 27.3 Å². The van der Waals surface area contributed by atoms with Gasteiger partial charge < -0.3 is 4.74 Å². The van der Waals surface area contributed by atoms with Gasteiger partial charge in [-0.1, -0.05) is 15.9 Å². The molecule has 0 radical (unpaired) electrons. The molecule has 6 heteroatoms. The van der Waals surface area contributed by atoms with E-state index in [4.69, 9.17) is 4.74 Å². The van der Waals surface area contributed by atoms with Crippen LogP contribution in [0.4, 0.5) is 0 Å². The van der Waals surface area contributed by atoms with Crippen molar-refractivity contribution in [3.63, 3.8) is 0 Å². The molecule has 0 atom stereocenters. The number of aryl methyl sites for hydroxylation is 1. The minimum absolute atomic E-state index is 0.0665. The fourth-order valence-corrected chi connectivity index (χ4v) is 3.02. The fraction of sp³-hybridized carbons (Fsp3) is 0.143. The first kappa shape index (κ1) is 13.3. The molecule has 0 unspecified atom stereocenters. The Morgan fingerprint density at radius 3 is 2.85 bits per heavy atom. The zero-order valence-electron chi connectivity index (χ0n) is 10.7. The summed E-state index contributed by atoms with van der Waals surface area (Å²) in [5.74, 6) is 0.748. The molecule has 3 aromatic rings. The molecule has 20 heavy (non-hydrogen) atoms. The summed E-state index contributed by atoms with van der Waals surface area (Å²) in [4.78, 5) is 17.1. The highest BCUT2D eigenvalue weighted by molar-refractivity contribution is 9.10. The molecule has 0 aliphatic carbocycles. The third-order valence-electron chi connectivity index (χ3n) is 2.83. The standard InChI is InChI=1S/C14H11BrN2O2S/c1-9-8-20-14-16-11(6-13(18)17(9)14)7-19-12-4-2-10(15)3-5-12/h2-6,8H,7H2,1H3. The van der Waals surface area contributed by atoms with E-state index in [0.29, 0.717) is 10.7 Å². The lowest BCUT2D eigenvalue weighted by Crippen LogP contribution is -2.15. The van der Waals surface area contributed by atoms with Gasteiger partial charge in [0.2, 0.25) is 0 Å². The van der Waals surface area contributed by atoms with E-state index < -0.39 is 0 Å². The lowest BCUT2D eigenvalue weighted by atomic mass is 10.3. The van der Waals surface area contributed by atoms with E-state index in [9.17, 15) is 4.79 Å². The number of nitrogens with zero attached hydrogens (tertiary/aromatic N) is 2. The maximum Gasteiger partial charge on any atom is 0.259 e. The number of rotatable bonds is 3. The van der Waals surface area contributed by atoms with E-state index in [0.717, 1.165) is 15.9 Å². The van der Waals surface area contributed by atoms with Crippen LogP contribution in [0, 0.1) is 6.92 Å². The molecule has 4 nitrogen and oxygen atoms in total. The third kappa shape index (κ3) is 2.62. The molecule has 1 aromatic carbocycles. The average Bonchev–Trinajstić information content (AvgIpc) is 2.80. The summed E-state index contributed by atoms with van der Waals surface area (Å²) >= 11 is 4.83. The summed E-state index contributed by atoms with van der Waals surface area (Å²) in [6, 6.07) is 9.06. The van der Waals surface area contributed by atoms with Crippen molar-refractivity contribution in [2.24, 2.45) is 0 Å². The van der Waals surface area contributed by atoms with Gasteiger partial charge in [-0.05, 0) is 31.2 Å². The molecule has 0 saturated heterocycles. The molecule has 0 bridgehead atoms. The Kier molecular flexibility index (Phi) is 3.58. The van der Waals surface area contributed by atoms with E-state index in [1.165, 1.54) is 17.4 Å². The number of ether oxygens (including phenoxy) is 1. The van der Waals surface area contributed by atoms with Crippen LogP contribution in [0.1, 0.15) is 11.4 Å². The summed E-state index contributed by atoms with van der Waals surface area (Å²) < 4.78 is 8.23. The number of thiazole rings is 1. The van der Waals surface area contributed by atoms with Crippen LogP contribution in [0.2, 0.25) is 0 Å². The van der Waals surface area contributed by atoms with Crippen LogP contribution in [0.15, 0.2) is 45.0 Å². The Bertz CT molecular complexity index is 808. The molecule has 0 N–H and O–H groups in total. The molecule has 0 fully saturated rings. The molecule has 102 valence electrons. The smallest absolute Gasteiger partial charge is 0.259 e. The minimum atomic E-state index is -0.0665. The zero-order chi connectivity index (χ0) is 14.1. The lowest BCUT2D eigenvalue weighted by Gasteiger charge is -2.06. The maximum absolute atomic E-state index is 12.0. The molecule has 0 saturated carbocycles. The van der Waals surface area contributed by atoms with Gasteiger partial charge in [-0.25, -0.2) is 4.98 Å². The Labute approximate surface area is 127 Å². The van der Waals surface area contributed by atoms with E-state index in [1.807, 2.05) is 36.6 Å². The normalized spacial score (nSPS) is 10.9. The summed E-state index contributed by atoms with van der Waals surface area (Å²) in [7, 11) is 0. The van der Waals surface area contributed by atoms with Gasteiger partial charge in [0.1, 0.15) is 12.4 Å². The SMILES string of the molecule is Cc1csc2nc(COc3ccc(Br)cc3)cc(=O)n12. The zero-order valence-corrected chi connectivity index (χ0v) is 13.1. The van der Waals surface area contributed by atoms with Crippen LogP contribution in [-0.4, -0.2) is 9.38 Å². The highest BCUT2D eigenvalue weighted by Crippen LogP contribution is 2.17. The molecule has 0 spiro atoms. The van der Waals surface area contributed by atoms with Crippen LogP contribution in [-0.2, 0) is 6.61 Å². The van der Waals surface area contributed by atoms with E-state index >= 15 is 0 Å². The van der Waals surface area contributed by atoms with Crippen LogP contribution < -0.4 is 10.3 Å². The Hall–Kier alpha value is -1.66. The predicted molar refractivity (Wildman–Crippen MR) is 82.6 cm³/mol. The Balaban J connectivity index is 1.84. The second-order valence-electron chi connectivity index (χ2n) is 4.32. The van der Waals surface area contributed by atoms with Gasteiger partial charge in [0.25, 0.3) is 5.56 Å². The number of aromatic nitrogens is 2. The topological polar surface area (TPSA) is 43.6 Å². The highest BCUT2D eigenvalue weighted by atomic mass is 79.9. The van der Waals surface area contributed by atoms with Gasteiger partial charge in [-0.2, -0.15) is 0 Å². The van der Waals surface area contributed by atoms with Gasteiger partial charge in [0.15, 0.2) is 4.96 Å². The van der Waals surface area contributed by atoms with Crippen LogP contribution in [0.5, 0.6) is 5.75 Å². The first-order valence-electron chi connectivity index (χ1n) is 5.98. The van der Waals surface area contributed by atoms with Crippen molar-refractivity contribution in [1.29, 1.82) is 0 Å². The van der Waals surface area contributed by atoms with Crippen molar-refractivity contribution >= 4 is 32.2 Å². The minimum Gasteiger partial charge on any atom is -0.487 e. The van der Waals surface area contributed by atoms with Gasteiger partial charge in [-0.15, -0.1) is 11.3 Å². The van der Waals surface area contributed by atoms with Crippen molar-refractivity contribution in [3.8, 4) is 5.75 Å². The molecule has 2 heterocycles. The number of hydrogen-bond donors (Lipinski definition) is 0. The summed E-state index contributed by atoms with van der Waals surface area (Å²) in [5, 5.41) is 1.92.